The quantitative estimate of drug-likeness (QED) is 0.805. The minimum atomic E-state index is -0.122. The summed E-state index contributed by atoms with van der Waals surface area (Å²) in [6.07, 6.45) is 1.53. The normalized spacial score (nSPS) is 10.8. The summed E-state index contributed by atoms with van der Waals surface area (Å²) < 4.78 is 0.793. The summed E-state index contributed by atoms with van der Waals surface area (Å²) in [5, 5.41) is 4.58. The van der Waals surface area contributed by atoms with E-state index in [0.717, 1.165) is 15.8 Å². The summed E-state index contributed by atoms with van der Waals surface area (Å²) in [5.41, 5.74) is 0.798. The summed E-state index contributed by atoms with van der Waals surface area (Å²) in [6.45, 7) is 0. The van der Waals surface area contributed by atoms with Crippen molar-refractivity contribution in [1.82, 2.24) is 0 Å². The Balaban J connectivity index is 1.75. The maximum absolute atomic E-state index is 11.6. The molecule has 1 aromatic carbocycles. The zero-order valence-electron chi connectivity index (χ0n) is 10.0. The summed E-state index contributed by atoms with van der Waals surface area (Å²) in [4.78, 5) is 12.8. The lowest BCUT2D eigenvalue weighted by Crippen LogP contribution is -2.07. The minimum absolute atomic E-state index is 0.122. The Kier molecular flexibility index (Phi) is 5.51. The van der Waals surface area contributed by atoms with Gasteiger partial charge < -0.3 is 5.32 Å². The molecule has 19 heavy (non-hydrogen) atoms. The molecule has 5 heteroatoms. The van der Waals surface area contributed by atoms with E-state index in [1.807, 2.05) is 42.5 Å². The van der Waals surface area contributed by atoms with Crippen LogP contribution in [0.2, 0.25) is 4.34 Å². The molecule has 0 aliphatic rings. The highest BCUT2D eigenvalue weighted by Crippen LogP contribution is 2.25. The molecule has 0 bridgehead atoms. The molecule has 0 aliphatic heterocycles. The van der Waals surface area contributed by atoms with E-state index in [-0.39, 0.29) is 5.91 Å². The molecule has 0 unspecified atom stereocenters. The third kappa shape index (κ3) is 5.11. The van der Waals surface area contributed by atoms with Gasteiger partial charge in [0, 0.05) is 22.4 Å². The van der Waals surface area contributed by atoms with Crippen molar-refractivity contribution in [3.8, 4) is 0 Å². The highest BCUT2D eigenvalue weighted by atomic mass is 35.5. The van der Waals surface area contributed by atoms with Crippen molar-refractivity contribution < 1.29 is 4.79 Å². The van der Waals surface area contributed by atoms with Crippen LogP contribution in [0.5, 0.6) is 0 Å². The van der Waals surface area contributed by atoms with Gasteiger partial charge in [-0.05, 0) is 29.7 Å². The lowest BCUT2D eigenvalue weighted by atomic mass is 10.3. The first-order valence-corrected chi connectivity index (χ1v) is 7.87. The molecule has 1 heterocycles. The van der Waals surface area contributed by atoms with Crippen LogP contribution in [-0.4, -0.2) is 5.91 Å². The SMILES string of the molecule is O=C(C=CSCc1ccc(Cl)s1)Nc1ccccc1. The zero-order chi connectivity index (χ0) is 13.5. The first kappa shape index (κ1) is 14.2. The van der Waals surface area contributed by atoms with Crippen molar-refractivity contribution >= 4 is 46.3 Å². The van der Waals surface area contributed by atoms with Crippen LogP contribution < -0.4 is 5.32 Å². The number of para-hydroxylation sites is 1. The molecular formula is C14H12ClNOS2. The van der Waals surface area contributed by atoms with E-state index in [4.69, 9.17) is 11.6 Å². The van der Waals surface area contributed by atoms with Crippen molar-refractivity contribution in [2.45, 2.75) is 5.75 Å². The van der Waals surface area contributed by atoms with Crippen molar-refractivity contribution in [3.05, 3.63) is 63.2 Å². The number of hydrogen-bond acceptors (Lipinski definition) is 3. The van der Waals surface area contributed by atoms with Crippen LogP contribution in [0.4, 0.5) is 5.69 Å². The minimum Gasteiger partial charge on any atom is -0.322 e. The smallest absolute Gasteiger partial charge is 0.248 e. The van der Waals surface area contributed by atoms with E-state index < -0.39 is 0 Å². The fourth-order valence-corrected chi connectivity index (χ4v) is 3.27. The fourth-order valence-electron chi connectivity index (χ4n) is 1.37. The van der Waals surface area contributed by atoms with E-state index >= 15 is 0 Å². The average molecular weight is 310 g/mol. The average Bonchev–Trinajstić information content (AvgIpc) is 2.82. The number of carbonyl (C=O) groups excluding carboxylic acids is 1. The number of hydrogen-bond donors (Lipinski definition) is 1. The number of halogens is 1. The number of amides is 1. The van der Waals surface area contributed by atoms with Crippen molar-refractivity contribution in [3.63, 3.8) is 0 Å². The third-order valence-electron chi connectivity index (χ3n) is 2.21. The van der Waals surface area contributed by atoms with Gasteiger partial charge in [-0.1, -0.05) is 29.8 Å². The number of nitrogens with one attached hydrogen (secondary N) is 1. The lowest BCUT2D eigenvalue weighted by molar-refractivity contribution is -0.111. The van der Waals surface area contributed by atoms with Crippen molar-refractivity contribution in [2.24, 2.45) is 0 Å². The monoisotopic (exact) mass is 309 g/mol. The van der Waals surface area contributed by atoms with Gasteiger partial charge in [-0.2, -0.15) is 0 Å². The Morgan fingerprint density at radius 1 is 1.26 bits per heavy atom. The highest BCUT2D eigenvalue weighted by Gasteiger charge is 1.98. The van der Waals surface area contributed by atoms with Crippen LogP contribution in [0.3, 0.4) is 0 Å². The lowest BCUT2D eigenvalue weighted by Gasteiger charge is -2.00. The maximum atomic E-state index is 11.6. The van der Waals surface area contributed by atoms with Crippen molar-refractivity contribution in [2.75, 3.05) is 5.32 Å². The van der Waals surface area contributed by atoms with E-state index in [0.29, 0.717) is 0 Å². The Bertz CT molecular complexity index is 566. The molecule has 1 amide bonds. The molecule has 0 saturated carbocycles. The van der Waals surface area contributed by atoms with Crippen molar-refractivity contribution in [1.29, 1.82) is 0 Å². The molecule has 0 radical (unpaired) electrons. The van der Waals surface area contributed by atoms with Crippen LogP contribution in [-0.2, 0) is 10.5 Å². The highest BCUT2D eigenvalue weighted by molar-refractivity contribution is 8.01. The number of thiophene rings is 1. The van der Waals surface area contributed by atoms with Gasteiger partial charge in [0.05, 0.1) is 4.34 Å². The first-order valence-electron chi connectivity index (χ1n) is 5.62. The van der Waals surface area contributed by atoms with E-state index in [1.54, 1.807) is 28.5 Å². The third-order valence-corrected chi connectivity index (χ3v) is 4.43. The van der Waals surface area contributed by atoms with Gasteiger partial charge in [0.1, 0.15) is 0 Å². The van der Waals surface area contributed by atoms with Gasteiger partial charge >= 0.3 is 0 Å². The molecule has 2 nitrogen and oxygen atoms in total. The van der Waals surface area contributed by atoms with E-state index in [9.17, 15) is 4.79 Å². The molecular weight excluding hydrogens is 298 g/mol. The van der Waals surface area contributed by atoms with Gasteiger partial charge in [0.15, 0.2) is 0 Å². The molecule has 98 valence electrons. The Labute approximate surface area is 125 Å². The zero-order valence-corrected chi connectivity index (χ0v) is 12.4. The summed E-state index contributed by atoms with van der Waals surface area (Å²) in [6, 6.07) is 13.3. The second kappa shape index (κ2) is 7.38. The first-order chi connectivity index (χ1) is 9.24. The largest absolute Gasteiger partial charge is 0.322 e. The fraction of sp³-hybridized carbons (Fsp3) is 0.0714. The Morgan fingerprint density at radius 2 is 2.05 bits per heavy atom. The maximum Gasteiger partial charge on any atom is 0.248 e. The molecule has 0 saturated heterocycles. The van der Waals surface area contributed by atoms with Gasteiger partial charge in [0.2, 0.25) is 5.91 Å². The molecule has 0 spiro atoms. The number of carbonyl (C=O) groups is 1. The molecule has 0 aliphatic carbocycles. The molecule has 2 aromatic rings. The molecule has 2 rings (SSSR count). The van der Waals surface area contributed by atoms with E-state index in [2.05, 4.69) is 5.32 Å². The van der Waals surface area contributed by atoms with Crippen LogP contribution in [0.25, 0.3) is 0 Å². The van der Waals surface area contributed by atoms with Gasteiger partial charge in [-0.25, -0.2) is 0 Å². The summed E-state index contributed by atoms with van der Waals surface area (Å²) in [7, 11) is 0. The van der Waals surface area contributed by atoms with Gasteiger partial charge in [0.25, 0.3) is 0 Å². The summed E-state index contributed by atoms with van der Waals surface area (Å²) in [5.74, 6) is 0.704. The van der Waals surface area contributed by atoms with Gasteiger partial charge in [-0.3, -0.25) is 4.79 Å². The van der Waals surface area contributed by atoms with Crippen LogP contribution in [0.1, 0.15) is 4.88 Å². The van der Waals surface area contributed by atoms with Gasteiger partial charge in [-0.15, -0.1) is 23.1 Å². The number of anilines is 1. The number of rotatable bonds is 5. The number of thioether (sulfide) groups is 1. The molecule has 1 N–H and O–H groups in total. The molecule has 0 atom stereocenters. The number of benzene rings is 1. The Hall–Kier alpha value is -1.23. The van der Waals surface area contributed by atoms with E-state index in [1.165, 1.54) is 11.0 Å². The van der Waals surface area contributed by atoms with Crippen LogP contribution >= 0.6 is 34.7 Å². The molecule has 1 aromatic heterocycles. The predicted octanol–water partition coefficient (Wildman–Crippen LogP) is 4.79. The van der Waals surface area contributed by atoms with Crippen LogP contribution in [0.15, 0.2) is 53.9 Å². The summed E-state index contributed by atoms with van der Waals surface area (Å²) >= 11 is 8.97. The van der Waals surface area contributed by atoms with Crippen LogP contribution in [0, 0.1) is 0 Å². The topological polar surface area (TPSA) is 29.1 Å². The predicted molar refractivity (Wildman–Crippen MR) is 84.8 cm³/mol. The Morgan fingerprint density at radius 3 is 2.74 bits per heavy atom. The second-order valence-corrected chi connectivity index (χ2v) is 6.37. The standard InChI is InChI=1S/C14H12ClNOS2/c15-13-7-6-12(19-13)10-18-9-8-14(17)16-11-4-2-1-3-5-11/h1-9H,10H2,(H,16,17). The second-order valence-electron chi connectivity index (χ2n) is 3.67. The molecule has 0 fully saturated rings.